The Hall–Kier alpha value is -0.750. The van der Waals surface area contributed by atoms with Gasteiger partial charge in [0.1, 0.15) is 6.33 Å². The Labute approximate surface area is 98.6 Å². The molecule has 0 N–H and O–H groups in total. The fourth-order valence-electron chi connectivity index (χ4n) is 1.40. The third-order valence-electron chi connectivity index (χ3n) is 2.06. The molecule has 80 valence electrons. The smallest absolute Gasteiger partial charge is 0.229 e. The van der Waals surface area contributed by atoms with Crippen molar-refractivity contribution in [2.24, 2.45) is 0 Å². The van der Waals surface area contributed by atoms with Crippen molar-refractivity contribution < 1.29 is 9.18 Å². The summed E-state index contributed by atoms with van der Waals surface area (Å²) in [7, 11) is 0. The molecule has 2 rings (SSSR count). The van der Waals surface area contributed by atoms with Gasteiger partial charge in [0.2, 0.25) is 11.7 Å². The normalized spacial score (nSPS) is 21.1. The maximum absolute atomic E-state index is 13.5. The minimum Gasteiger partial charge on any atom is -0.293 e. The zero-order valence-electron chi connectivity index (χ0n) is 7.45. The highest BCUT2D eigenvalue weighted by atomic mass is 79.9. The molecule has 15 heavy (non-hydrogen) atoms. The molecular formula is C8H6BrClFN3O. The van der Waals surface area contributed by atoms with Crippen molar-refractivity contribution in [3.63, 3.8) is 0 Å². The summed E-state index contributed by atoms with van der Waals surface area (Å²) in [6.45, 7) is 0.392. The first-order valence-electron chi connectivity index (χ1n) is 4.20. The summed E-state index contributed by atoms with van der Waals surface area (Å²) in [5.74, 6) is -0.985. The van der Waals surface area contributed by atoms with Crippen LogP contribution >= 0.6 is 27.5 Å². The van der Waals surface area contributed by atoms with Crippen molar-refractivity contribution in [2.75, 3.05) is 11.4 Å². The highest BCUT2D eigenvalue weighted by Crippen LogP contribution is 2.27. The van der Waals surface area contributed by atoms with Gasteiger partial charge in [-0.2, -0.15) is 4.39 Å². The number of carbonyl (C=O) groups is 1. The van der Waals surface area contributed by atoms with Crippen molar-refractivity contribution in [3.8, 4) is 0 Å². The van der Waals surface area contributed by atoms with Crippen LogP contribution in [0.2, 0.25) is 5.15 Å². The zero-order chi connectivity index (χ0) is 11.0. The molecule has 2 heterocycles. The third-order valence-corrected chi connectivity index (χ3v) is 2.94. The monoisotopic (exact) mass is 293 g/mol. The first-order chi connectivity index (χ1) is 7.09. The number of nitrogens with zero attached hydrogens (tertiary/aromatic N) is 3. The zero-order valence-corrected chi connectivity index (χ0v) is 9.79. The average molecular weight is 295 g/mol. The van der Waals surface area contributed by atoms with Gasteiger partial charge >= 0.3 is 0 Å². The lowest BCUT2D eigenvalue weighted by atomic mass is 10.4. The number of rotatable bonds is 1. The summed E-state index contributed by atoms with van der Waals surface area (Å²) in [5.41, 5.74) is 0. The van der Waals surface area contributed by atoms with Gasteiger partial charge in [-0.15, -0.1) is 0 Å². The topological polar surface area (TPSA) is 46.1 Å². The fraction of sp³-hybridized carbons (Fsp3) is 0.375. The third kappa shape index (κ3) is 1.96. The highest BCUT2D eigenvalue weighted by Gasteiger charge is 2.32. The van der Waals surface area contributed by atoms with Gasteiger partial charge in [0.15, 0.2) is 11.0 Å². The largest absolute Gasteiger partial charge is 0.293 e. The first-order valence-corrected chi connectivity index (χ1v) is 5.49. The Morgan fingerprint density at radius 3 is 2.93 bits per heavy atom. The van der Waals surface area contributed by atoms with Gasteiger partial charge in [0, 0.05) is 17.8 Å². The Morgan fingerprint density at radius 1 is 1.60 bits per heavy atom. The number of anilines is 1. The molecule has 0 aliphatic carbocycles. The number of alkyl halides is 1. The van der Waals surface area contributed by atoms with Crippen molar-refractivity contribution in [2.45, 2.75) is 11.2 Å². The van der Waals surface area contributed by atoms with Gasteiger partial charge in [-0.05, 0) is 0 Å². The second-order valence-electron chi connectivity index (χ2n) is 3.11. The van der Waals surface area contributed by atoms with Crippen molar-refractivity contribution in [3.05, 3.63) is 17.3 Å². The van der Waals surface area contributed by atoms with Crippen LogP contribution in [0, 0.1) is 5.82 Å². The summed E-state index contributed by atoms with van der Waals surface area (Å²) in [5, 5.41) is -0.272. The van der Waals surface area contributed by atoms with Crippen LogP contribution < -0.4 is 4.90 Å². The fourth-order valence-corrected chi connectivity index (χ4v) is 2.09. The summed E-state index contributed by atoms with van der Waals surface area (Å²) in [6.07, 6.45) is 1.47. The van der Waals surface area contributed by atoms with Crippen LogP contribution in [0.15, 0.2) is 6.33 Å². The lowest BCUT2D eigenvalue weighted by Crippen LogP contribution is -2.26. The standard InChI is InChI=1S/C8H6BrClFN3O/c9-4-1-5(15)14(2-4)8-6(11)7(10)12-3-13-8/h3-4H,1-2H2. The van der Waals surface area contributed by atoms with Gasteiger partial charge < -0.3 is 0 Å². The second-order valence-corrected chi connectivity index (χ2v) is 4.76. The van der Waals surface area contributed by atoms with Gasteiger partial charge in [0.05, 0.1) is 0 Å². The molecule has 0 spiro atoms. The second kappa shape index (κ2) is 4.02. The van der Waals surface area contributed by atoms with Gasteiger partial charge in [-0.3, -0.25) is 9.69 Å². The number of hydrogen-bond donors (Lipinski definition) is 0. The molecule has 1 atom stereocenters. The van der Waals surface area contributed by atoms with Crippen molar-refractivity contribution in [1.29, 1.82) is 0 Å². The van der Waals surface area contributed by atoms with Crippen LogP contribution in [0.1, 0.15) is 6.42 Å². The predicted molar refractivity (Wildman–Crippen MR) is 56.7 cm³/mol. The van der Waals surface area contributed by atoms with E-state index in [9.17, 15) is 9.18 Å². The number of aromatic nitrogens is 2. The molecular weight excluding hydrogens is 288 g/mol. The van der Waals surface area contributed by atoms with E-state index in [0.29, 0.717) is 13.0 Å². The summed E-state index contributed by atoms with van der Waals surface area (Å²) < 4.78 is 13.5. The molecule has 1 aliphatic heterocycles. The Morgan fingerprint density at radius 2 is 2.33 bits per heavy atom. The van der Waals surface area contributed by atoms with Gasteiger partial charge in [-0.1, -0.05) is 27.5 Å². The SMILES string of the molecule is O=C1CC(Br)CN1c1ncnc(Cl)c1F. The number of hydrogen-bond acceptors (Lipinski definition) is 3. The maximum Gasteiger partial charge on any atom is 0.229 e. The van der Waals surface area contributed by atoms with E-state index in [1.54, 1.807) is 0 Å². The Bertz CT molecular complexity index is 417. The van der Waals surface area contributed by atoms with E-state index in [1.165, 1.54) is 4.90 Å². The highest BCUT2D eigenvalue weighted by molar-refractivity contribution is 9.09. The molecule has 1 unspecified atom stereocenters. The quantitative estimate of drug-likeness (QED) is 0.586. The van der Waals surface area contributed by atoms with Crippen LogP contribution in [-0.2, 0) is 4.79 Å². The average Bonchev–Trinajstić information content (AvgIpc) is 2.50. The summed E-state index contributed by atoms with van der Waals surface area (Å²) in [4.78, 5) is 20.0. The molecule has 1 fully saturated rings. The number of amides is 1. The van der Waals surface area contributed by atoms with Crippen molar-refractivity contribution >= 4 is 39.3 Å². The van der Waals surface area contributed by atoms with Gasteiger partial charge in [-0.25, -0.2) is 9.97 Å². The molecule has 4 nitrogen and oxygen atoms in total. The predicted octanol–water partition coefficient (Wildman–Crippen LogP) is 1.77. The molecule has 7 heteroatoms. The van der Waals surface area contributed by atoms with E-state index in [2.05, 4.69) is 25.9 Å². The van der Waals surface area contributed by atoms with E-state index < -0.39 is 5.82 Å². The summed E-state index contributed by atoms with van der Waals surface area (Å²) in [6, 6.07) is 0. The molecule has 0 radical (unpaired) electrons. The molecule has 0 bridgehead atoms. The van der Waals surface area contributed by atoms with E-state index >= 15 is 0 Å². The molecule has 1 amide bonds. The summed E-state index contributed by atoms with van der Waals surface area (Å²) >= 11 is 8.80. The minimum atomic E-state index is -0.755. The molecule has 0 aromatic carbocycles. The Kier molecular flexibility index (Phi) is 2.88. The molecule has 0 saturated carbocycles. The molecule has 1 aromatic heterocycles. The van der Waals surface area contributed by atoms with E-state index in [1.807, 2.05) is 0 Å². The number of halogens is 3. The molecule has 1 aromatic rings. The van der Waals surface area contributed by atoms with Crippen LogP contribution in [0.4, 0.5) is 10.2 Å². The lowest BCUT2D eigenvalue weighted by Gasteiger charge is -2.14. The minimum absolute atomic E-state index is 0.0261. The van der Waals surface area contributed by atoms with E-state index in [0.717, 1.165) is 6.33 Å². The lowest BCUT2D eigenvalue weighted by molar-refractivity contribution is -0.117. The molecule has 1 saturated heterocycles. The van der Waals surface area contributed by atoms with Crippen LogP contribution in [-0.4, -0.2) is 27.2 Å². The van der Waals surface area contributed by atoms with Crippen LogP contribution in [0.5, 0.6) is 0 Å². The van der Waals surface area contributed by atoms with Gasteiger partial charge in [0.25, 0.3) is 0 Å². The molecule has 1 aliphatic rings. The van der Waals surface area contributed by atoms with Crippen LogP contribution in [0.3, 0.4) is 0 Å². The number of carbonyl (C=O) groups excluding carboxylic acids is 1. The van der Waals surface area contributed by atoms with Crippen LogP contribution in [0.25, 0.3) is 0 Å². The first kappa shape index (κ1) is 10.8. The van der Waals surface area contributed by atoms with Crippen molar-refractivity contribution in [1.82, 2.24) is 9.97 Å². The van der Waals surface area contributed by atoms with E-state index in [4.69, 9.17) is 11.6 Å². The Balaban J connectivity index is 2.38. The maximum atomic E-state index is 13.5. The van der Waals surface area contributed by atoms with E-state index in [-0.39, 0.29) is 21.7 Å².